The van der Waals surface area contributed by atoms with Crippen LogP contribution in [0.15, 0.2) is 17.0 Å². The van der Waals surface area contributed by atoms with Gasteiger partial charge < -0.3 is 14.6 Å². The van der Waals surface area contributed by atoms with Crippen molar-refractivity contribution in [2.75, 3.05) is 14.2 Å². The summed E-state index contributed by atoms with van der Waals surface area (Å²) in [6.07, 6.45) is 0. The van der Waals surface area contributed by atoms with E-state index in [0.29, 0.717) is 0 Å². The summed E-state index contributed by atoms with van der Waals surface area (Å²) in [6.45, 7) is 0. The fraction of sp³-hybridized carbons (Fsp3) is 0.222. The van der Waals surface area contributed by atoms with Crippen LogP contribution in [0.3, 0.4) is 0 Å². The Labute approximate surface area is 97.3 Å². The number of carboxylic acid groups (broad SMARTS) is 1. The Bertz CT molecular complexity index is 547. The largest absolute Gasteiger partial charge is 0.497 e. The average molecular weight is 262 g/mol. The smallest absolute Gasteiger partial charge is 0.340 e. The first kappa shape index (κ1) is 13.3. The zero-order chi connectivity index (χ0) is 13.2. The zero-order valence-electron chi connectivity index (χ0n) is 9.00. The summed E-state index contributed by atoms with van der Waals surface area (Å²) < 4.78 is 40.6. The quantitative estimate of drug-likeness (QED) is 0.766. The second-order valence-electron chi connectivity index (χ2n) is 2.98. The first-order valence-electron chi connectivity index (χ1n) is 4.28. The maximum atomic E-state index is 11.1. The molecule has 2 N–H and O–H groups in total. The molecule has 7 nitrogen and oxygen atoms in total. The highest BCUT2D eigenvalue weighted by Crippen LogP contribution is 2.31. The maximum absolute atomic E-state index is 11.1. The van der Waals surface area contributed by atoms with Crippen molar-refractivity contribution in [2.45, 2.75) is 4.90 Å². The molecule has 0 spiro atoms. The van der Waals surface area contributed by atoms with Crippen LogP contribution in [-0.2, 0) is 10.1 Å². The summed E-state index contributed by atoms with van der Waals surface area (Å²) in [4.78, 5) is 10.2. The highest BCUT2D eigenvalue weighted by molar-refractivity contribution is 7.86. The molecule has 0 fully saturated rings. The summed E-state index contributed by atoms with van der Waals surface area (Å²) in [6, 6.07) is 2.11. The predicted molar refractivity (Wildman–Crippen MR) is 56.3 cm³/mol. The molecule has 0 aliphatic rings. The molecule has 0 aliphatic heterocycles. The van der Waals surface area contributed by atoms with Crippen LogP contribution >= 0.6 is 0 Å². The molecular formula is C9H10O7S. The fourth-order valence-corrected chi connectivity index (χ4v) is 1.97. The number of hydrogen-bond acceptors (Lipinski definition) is 5. The van der Waals surface area contributed by atoms with Gasteiger partial charge in [0.25, 0.3) is 10.1 Å². The van der Waals surface area contributed by atoms with E-state index >= 15 is 0 Å². The Hall–Kier alpha value is -1.80. The van der Waals surface area contributed by atoms with Gasteiger partial charge in [0.2, 0.25) is 0 Å². The van der Waals surface area contributed by atoms with E-state index in [1.54, 1.807) is 0 Å². The SMILES string of the molecule is COc1cc(OC)c(C(=O)O)c(S(=O)(=O)O)c1. The van der Waals surface area contributed by atoms with Crippen molar-refractivity contribution in [1.29, 1.82) is 0 Å². The highest BCUT2D eigenvalue weighted by Gasteiger charge is 2.26. The van der Waals surface area contributed by atoms with E-state index < -0.39 is 26.5 Å². The van der Waals surface area contributed by atoms with E-state index in [0.717, 1.165) is 6.07 Å². The molecule has 0 saturated heterocycles. The normalized spacial score (nSPS) is 11.0. The summed E-state index contributed by atoms with van der Waals surface area (Å²) in [5.41, 5.74) is -0.643. The summed E-state index contributed by atoms with van der Waals surface area (Å²) >= 11 is 0. The second-order valence-corrected chi connectivity index (χ2v) is 4.37. The molecule has 1 aromatic carbocycles. The standard InChI is InChI=1S/C9H10O7S/c1-15-5-3-6(16-2)8(9(10)11)7(4-5)17(12,13)14/h3-4H,1-2H3,(H,10,11)(H,12,13,14). The molecule has 94 valence electrons. The second kappa shape index (κ2) is 4.60. The van der Waals surface area contributed by atoms with E-state index in [4.69, 9.17) is 19.1 Å². The molecule has 0 amide bonds. The lowest BCUT2D eigenvalue weighted by atomic mass is 10.2. The molecule has 0 aromatic heterocycles. The number of hydrogen-bond donors (Lipinski definition) is 2. The third-order valence-electron chi connectivity index (χ3n) is 1.99. The van der Waals surface area contributed by atoms with Gasteiger partial charge in [-0.3, -0.25) is 4.55 Å². The Morgan fingerprint density at radius 2 is 1.82 bits per heavy atom. The lowest BCUT2D eigenvalue weighted by Gasteiger charge is -2.11. The molecule has 0 heterocycles. The van der Waals surface area contributed by atoms with Gasteiger partial charge in [0.1, 0.15) is 22.0 Å². The van der Waals surface area contributed by atoms with E-state index in [2.05, 4.69) is 0 Å². The average Bonchev–Trinajstić information content (AvgIpc) is 2.25. The van der Waals surface area contributed by atoms with Crippen LogP contribution < -0.4 is 9.47 Å². The van der Waals surface area contributed by atoms with Crippen LogP contribution in [0.4, 0.5) is 0 Å². The minimum Gasteiger partial charge on any atom is -0.497 e. The first-order chi connectivity index (χ1) is 7.81. The van der Waals surface area contributed by atoms with Gasteiger partial charge >= 0.3 is 5.97 Å². The van der Waals surface area contributed by atoms with Gasteiger partial charge in [0, 0.05) is 12.1 Å². The lowest BCUT2D eigenvalue weighted by molar-refractivity contribution is 0.0688. The Kier molecular flexibility index (Phi) is 3.59. The summed E-state index contributed by atoms with van der Waals surface area (Å²) in [7, 11) is -2.24. The van der Waals surface area contributed by atoms with Crippen molar-refractivity contribution < 1.29 is 32.3 Å². The Balaban J connectivity index is 3.70. The highest BCUT2D eigenvalue weighted by atomic mass is 32.2. The Morgan fingerprint density at radius 3 is 2.18 bits per heavy atom. The molecule has 0 aliphatic carbocycles. The molecule has 1 rings (SSSR count). The van der Waals surface area contributed by atoms with Crippen molar-refractivity contribution in [3.8, 4) is 11.5 Å². The van der Waals surface area contributed by atoms with E-state index in [1.807, 2.05) is 0 Å². The molecule has 0 saturated carbocycles. The van der Waals surface area contributed by atoms with Crippen LogP contribution in [-0.4, -0.2) is 38.3 Å². The van der Waals surface area contributed by atoms with Gasteiger partial charge in [-0.15, -0.1) is 0 Å². The first-order valence-corrected chi connectivity index (χ1v) is 5.72. The molecule has 0 bridgehead atoms. The van der Waals surface area contributed by atoms with Crippen LogP contribution in [0.25, 0.3) is 0 Å². The molecule has 1 aromatic rings. The number of benzene rings is 1. The van der Waals surface area contributed by atoms with Crippen LogP contribution in [0.1, 0.15) is 10.4 Å². The topological polar surface area (TPSA) is 110 Å². The summed E-state index contributed by atoms with van der Waals surface area (Å²) in [5.74, 6) is -1.69. The van der Waals surface area contributed by atoms with Gasteiger partial charge in [-0.1, -0.05) is 0 Å². The number of aromatic carboxylic acids is 1. The van der Waals surface area contributed by atoms with Crippen LogP contribution in [0.2, 0.25) is 0 Å². The number of methoxy groups -OCH3 is 2. The van der Waals surface area contributed by atoms with Gasteiger partial charge in [-0.05, 0) is 0 Å². The van der Waals surface area contributed by atoms with Gasteiger partial charge in [-0.2, -0.15) is 8.42 Å². The number of carbonyl (C=O) groups is 1. The van der Waals surface area contributed by atoms with Crippen LogP contribution in [0.5, 0.6) is 11.5 Å². The van der Waals surface area contributed by atoms with E-state index in [1.165, 1.54) is 20.3 Å². The van der Waals surface area contributed by atoms with Gasteiger partial charge in [0.15, 0.2) is 0 Å². The van der Waals surface area contributed by atoms with Crippen LogP contribution in [0, 0.1) is 0 Å². The fourth-order valence-electron chi connectivity index (χ4n) is 1.26. The number of carboxylic acids is 1. The molecule has 8 heteroatoms. The molecule has 0 atom stereocenters. The summed E-state index contributed by atoms with van der Waals surface area (Å²) in [5, 5.41) is 8.91. The van der Waals surface area contributed by atoms with Crippen molar-refractivity contribution in [3.05, 3.63) is 17.7 Å². The van der Waals surface area contributed by atoms with Gasteiger partial charge in [-0.25, -0.2) is 4.79 Å². The third kappa shape index (κ3) is 2.66. The third-order valence-corrected chi connectivity index (χ3v) is 2.86. The predicted octanol–water partition coefficient (Wildman–Crippen LogP) is 0.649. The van der Waals surface area contributed by atoms with Crippen molar-refractivity contribution in [1.82, 2.24) is 0 Å². The molecule has 0 unspecified atom stereocenters. The van der Waals surface area contributed by atoms with Crippen molar-refractivity contribution >= 4 is 16.1 Å². The zero-order valence-corrected chi connectivity index (χ0v) is 9.82. The lowest BCUT2D eigenvalue weighted by Crippen LogP contribution is -2.10. The molecular weight excluding hydrogens is 252 g/mol. The monoisotopic (exact) mass is 262 g/mol. The molecule has 0 radical (unpaired) electrons. The van der Waals surface area contributed by atoms with E-state index in [9.17, 15) is 13.2 Å². The maximum Gasteiger partial charge on any atom is 0.340 e. The van der Waals surface area contributed by atoms with Crippen molar-refractivity contribution in [2.24, 2.45) is 0 Å². The van der Waals surface area contributed by atoms with E-state index in [-0.39, 0.29) is 11.5 Å². The van der Waals surface area contributed by atoms with Gasteiger partial charge in [0.05, 0.1) is 14.2 Å². The minimum atomic E-state index is -4.68. The Morgan fingerprint density at radius 1 is 1.24 bits per heavy atom. The van der Waals surface area contributed by atoms with Crippen molar-refractivity contribution in [3.63, 3.8) is 0 Å². The number of rotatable bonds is 4. The minimum absolute atomic E-state index is 0.0551. The number of ether oxygens (including phenoxy) is 2. The molecule has 17 heavy (non-hydrogen) atoms.